The summed E-state index contributed by atoms with van der Waals surface area (Å²) in [5.41, 5.74) is -1.11. The van der Waals surface area contributed by atoms with E-state index in [0.29, 0.717) is 18.0 Å². The Kier molecular flexibility index (Phi) is 3.65. The van der Waals surface area contributed by atoms with Crippen molar-refractivity contribution in [3.05, 3.63) is 11.6 Å². The summed E-state index contributed by atoms with van der Waals surface area (Å²) in [5.74, 6) is -1.18. The lowest BCUT2D eigenvalue weighted by atomic mass is 9.80. The van der Waals surface area contributed by atoms with Crippen LogP contribution in [-0.2, 0) is 9.59 Å². The summed E-state index contributed by atoms with van der Waals surface area (Å²) < 4.78 is 0. The number of thiazole rings is 1. The molecule has 1 aliphatic carbocycles. The van der Waals surface area contributed by atoms with E-state index in [-0.39, 0.29) is 5.91 Å². The van der Waals surface area contributed by atoms with Crippen LogP contribution < -0.4 is 4.90 Å². The molecular weight excluding hydrogens is 252 g/mol. The summed E-state index contributed by atoms with van der Waals surface area (Å²) in [6, 6.07) is 0. The van der Waals surface area contributed by atoms with Gasteiger partial charge in [0, 0.05) is 18.5 Å². The minimum absolute atomic E-state index is 0.255. The Hall–Kier alpha value is -1.43. The van der Waals surface area contributed by atoms with Crippen molar-refractivity contribution in [1.29, 1.82) is 0 Å². The third kappa shape index (κ3) is 2.12. The molecule has 2 rings (SSSR count). The molecule has 1 saturated carbocycles. The summed E-state index contributed by atoms with van der Waals surface area (Å²) >= 11 is 1.30. The molecule has 1 aliphatic rings. The van der Waals surface area contributed by atoms with Crippen molar-refractivity contribution >= 4 is 28.3 Å². The highest BCUT2D eigenvalue weighted by molar-refractivity contribution is 7.13. The van der Waals surface area contributed by atoms with Gasteiger partial charge in [-0.25, -0.2) is 9.78 Å². The fourth-order valence-corrected chi connectivity index (χ4v) is 3.39. The third-order valence-electron chi connectivity index (χ3n) is 3.43. The molecule has 0 aromatic carbocycles. The van der Waals surface area contributed by atoms with Gasteiger partial charge >= 0.3 is 5.97 Å². The Morgan fingerprint density at radius 3 is 2.50 bits per heavy atom. The number of nitrogens with zero attached hydrogens (tertiary/aromatic N) is 2. The van der Waals surface area contributed by atoms with E-state index in [1.807, 2.05) is 0 Å². The Morgan fingerprint density at radius 2 is 2.06 bits per heavy atom. The number of rotatable bonds is 3. The molecule has 18 heavy (non-hydrogen) atoms. The highest BCUT2D eigenvalue weighted by Gasteiger charge is 2.48. The van der Waals surface area contributed by atoms with Gasteiger partial charge in [0.1, 0.15) is 5.54 Å². The first kappa shape index (κ1) is 13.0. The van der Waals surface area contributed by atoms with Gasteiger partial charge in [-0.3, -0.25) is 9.69 Å². The number of hydrogen-bond acceptors (Lipinski definition) is 4. The van der Waals surface area contributed by atoms with Crippen LogP contribution >= 0.6 is 11.3 Å². The molecule has 1 heterocycles. The second kappa shape index (κ2) is 5.06. The summed E-state index contributed by atoms with van der Waals surface area (Å²) in [5, 5.41) is 11.8. The molecule has 98 valence electrons. The fraction of sp³-hybridized carbons (Fsp3) is 0.583. The molecule has 0 bridgehead atoms. The Morgan fingerprint density at radius 1 is 1.39 bits per heavy atom. The van der Waals surface area contributed by atoms with Crippen molar-refractivity contribution in [3.63, 3.8) is 0 Å². The predicted molar refractivity (Wildman–Crippen MR) is 68.7 cm³/mol. The molecule has 0 spiro atoms. The quantitative estimate of drug-likeness (QED) is 0.913. The largest absolute Gasteiger partial charge is 0.479 e. The molecule has 0 unspecified atom stereocenters. The van der Waals surface area contributed by atoms with Crippen molar-refractivity contribution < 1.29 is 14.7 Å². The smallest absolute Gasteiger partial charge is 0.330 e. The van der Waals surface area contributed by atoms with Gasteiger partial charge in [0.25, 0.3) is 0 Å². The van der Waals surface area contributed by atoms with E-state index in [9.17, 15) is 14.7 Å². The van der Waals surface area contributed by atoms with Gasteiger partial charge in [0.2, 0.25) is 5.91 Å². The van der Waals surface area contributed by atoms with Crippen LogP contribution in [0.15, 0.2) is 11.6 Å². The molecular formula is C12H16N2O3S. The molecule has 0 saturated heterocycles. The van der Waals surface area contributed by atoms with Crippen molar-refractivity contribution in [2.75, 3.05) is 4.90 Å². The van der Waals surface area contributed by atoms with Crippen LogP contribution in [0.4, 0.5) is 5.13 Å². The van der Waals surface area contributed by atoms with Gasteiger partial charge in [0.15, 0.2) is 5.13 Å². The number of carboxylic acids is 1. The number of aliphatic carboxylic acids is 1. The molecule has 1 aromatic heterocycles. The summed E-state index contributed by atoms with van der Waals surface area (Å²) in [6.45, 7) is 1.40. The van der Waals surface area contributed by atoms with Gasteiger partial charge in [-0.1, -0.05) is 19.3 Å². The molecule has 1 aromatic rings. The lowest BCUT2D eigenvalue weighted by Gasteiger charge is -2.41. The highest BCUT2D eigenvalue weighted by Crippen LogP contribution is 2.38. The third-order valence-corrected chi connectivity index (χ3v) is 4.19. The minimum Gasteiger partial charge on any atom is -0.479 e. The normalized spacial score (nSPS) is 18.3. The van der Waals surface area contributed by atoms with E-state index >= 15 is 0 Å². The lowest BCUT2D eigenvalue weighted by Crippen LogP contribution is -2.58. The van der Waals surface area contributed by atoms with Crippen LogP contribution in [0, 0.1) is 0 Å². The molecule has 1 N–H and O–H groups in total. The number of carbonyl (C=O) groups excluding carboxylic acids is 1. The Labute approximate surface area is 109 Å². The maximum Gasteiger partial charge on any atom is 0.330 e. The lowest BCUT2D eigenvalue weighted by molar-refractivity contribution is -0.146. The fourth-order valence-electron chi connectivity index (χ4n) is 2.62. The van der Waals surface area contributed by atoms with Gasteiger partial charge in [-0.05, 0) is 12.8 Å². The van der Waals surface area contributed by atoms with E-state index in [0.717, 1.165) is 19.3 Å². The number of hydrogen-bond donors (Lipinski definition) is 1. The first-order valence-electron chi connectivity index (χ1n) is 6.01. The van der Waals surface area contributed by atoms with Crippen LogP contribution in [0.2, 0.25) is 0 Å². The minimum atomic E-state index is -1.11. The SMILES string of the molecule is CC(=O)N(c1nccs1)C1(C(=O)O)CCCCC1. The molecule has 6 heteroatoms. The summed E-state index contributed by atoms with van der Waals surface area (Å²) in [7, 11) is 0. The van der Waals surface area contributed by atoms with Crippen molar-refractivity contribution in [3.8, 4) is 0 Å². The molecule has 1 fully saturated rings. The molecule has 0 radical (unpaired) electrons. The van der Waals surface area contributed by atoms with Gasteiger partial charge in [-0.15, -0.1) is 11.3 Å². The van der Waals surface area contributed by atoms with E-state index in [4.69, 9.17) is 0 Å². The van der Waals surface area contributed by atoms with Crippen molar-refractivity contribution in [2.24, 2.45) is 0 Å². The van der Waals surface area contributed by atoms with E-state index in [1.54, 1.807) is 11.6 Å². The molecule has 5 nitrogen and oxygen atoms in total. The monoisotopic (exact) mass is 268 g/mol. The van der Waals surface area contributed by atoms with Crippen molar-refractivity contribution in [1.82, 2.24) is 4.98 Å². The second-order valence-corrected chi connectivity index (χ2v) is 5.44. The van der Waals surface area contributed by atoms with Crippen molar-refractivity contribution in [2.45, 2.75) is 44.6 Å². The first-order valence-corrected chi connectivity index (χ1v) is 6.89. The number of carbonyl (C=O) groups is 2. The zero-order valence-corrected chi connectivity index (χ0v) is 11.1. The molecule has 1 amide bonds. The molecule has 0 aliphatic heterocycles. The van der Waals surface area contributed by atoms with E-state index in [1.165, 1.54) is 23.2 Å². The molecule has 0 atom stereocenters. The van der Waals surface area contributed by atoms with Crippen LogP contribution in [-0.4, -0.2) is 27.5 Å². The van der Waals surface area contributed by atoms with Crippen LogP contribution in [0.5, 0.6) is 0 Å². The van der Waals surface area contributed by atoms with E-state index < -0.39 is 11.5 Å². The van der Waals surface area contributed by atoms with Crippen LogP contribution in [0.3, 0.4) is 0 Å². The highest BCUT2D eigenvalue weighted by atomic mass is 32.1. The van der Waals surface area contributed by atoms with E-state index in [2.05, 4.69) is 4.98 Å². The number of aromatic nitrogens is 1. The average Bonchev–Trinajstić information content (AvgIpc) is 2.83. The topological polar surface area (TPSA) is 70.5 Å². The number of amides is 1. The average molecular weight is 268 g/mol. The number of anilines is 1. The summed E-state index contributed by atoms with van der Waals surface area (Å²) in [4.78, 5) is 29.1. The zero-order valence-electron chi connectivity index (χ0n) is 10.3. The van der Waals surface area contributed by atoms with Crippen LogP contribution in [0.25, 0.3) is 0 Å². The number of carboxylic acid groups (broad SMARTS) is 1. The maximum atomic E-state index is 11.9. The van der Waals surface area contributed by atoms with Gasteiger partial charge in [-0.2, -0.15) is 0 Å². The van der Waals surface area contributed by atoms with Gasteiger partial charge in [0.05, 0.1) is 0 Å². The standard InChI is InChI=1S/C12H16N2O3S/c1-9(15)14(11-13-7-8-18-11)12(10(16)17)5-3-2-4-6-12/h7-8H,2-6H2,1H3,(H,16,17). The maximum absolute atomic E-state index is 11.9. The van der Waals surface area contributed by atoms with Gasteiger partial charge < -0.3 is 5.11 Å². The summed E-state index contributed by atoms with van der Waals surface area (Å²) in [6.07, 6.45) is 5.29. The van der Waals surface area contributed by atoms with Crippen LogP contribution in [0.1, 0.15) is 39.0 Å². The predicted octanol–water partition coefficient (Wildman–Crippen LogP) is 2.28. The Balaban J connectivity index is 2.44. The second-order valence-electron chi connectivity index (χ2n) is 4.57. The Bertz CT molecular complexity index is 438. The first-order chi connectivity index (χ1) is 8.58. The zero-order chi connectivity index (χ0) is 13.2.